The number of hydrogen-bond donors (Lipinski definition) is 3. The molecule has 26 heavy (non-hydrogen) atoms. The van der Waals surface area contributed by atoms with Crippen LogP contribution in [0.3, 0.4) is 0 Å². The first-order valence-electron chi connectivity index (χ1n) is 8.67. The van der Waals surface area contributed by atoms with Gasteiger partial charge in [-0.05, 0) is 26.2 Å². The highest BCUT2D eigenvalue weighted by Crippen LogP contribution is 2.31. The van der Waals surface area contributed by atoms with E-state index in [1.54, 1.807) is 0 Å². The van der Waals surface area contributed by atoms with E-state index in [9.17, 15) is 14.4 Å². The van der Waals surface area contributed by atoms with E-state index in [0.717, 1.165) is 25.9 Å². The van der Waals surface area contributed by atoms with Gasteiger partial charge in [-0.2, -0.15) is 0 Å². The van der Waals surface area contributed by atoms with Gasteiger partial charge in [-0.1, -0.05) is 57.5 Å². The largest absolute Gasteiger partial charge is 0.481 e. The molecule has 0 amide bonds. The zero-order valence-corrected chi connectivity index (χ0v) is 17.3. The highest BCUT2D eigenvalue weighted by atomic mass is 32.2. The number of carbonyl (C=O) groups is 3. The van der Waals surface area contributed by atoms with Crippen LogP contribution in [0.4, 0.5) is 4.79 Å². The molecule has 2 N–H and O–H groups in total. The summed E-state index contributed by atoms with van der Waals surface area (Å²) >= 11 is 5.00. The first kappa shape index (κ1) is 24.8. The Bertz CT molecular complexity index is 540. The van der Waals surface area contributed by atoms with Gasteiger partial charge >= 0.3 is 11.9 Å². The first-order valence-corrected chi connectivity index (χ1v) is 9.89. The van der Waals surface area contributed by atoms with Crippen LogP contribution < -0.4 is 0 Å². The summed E-state index contributed by atoms with van der Waals surface area (Å²) in [5, 5.41) is 17.5. The standard InChI is InChI=1S/C9H19NOS2.C9H10O4/c1-3-5-7-10(8-6-4-2)13-9(11)12;1-9(8(12)13)4-2-3-6(5-9)7(10)11/h3-8H2,1-2H3,(H,11,12);2-4H,5H2,1H3,(H,10,11)(H,12,13). The Labute approximate surface area is 165 Å². The molecule has 148 valence electrons. The van der Waals surface area contributed by atoms with Crippen molar-refractivity contribution in [2.75, 3.05) is 13.1 Å². The average Bonchev–Trinajstić information content (AvgIpc) is 2.57. The zero-order valence-electron chi connectivity index (χ0n) is 15.6. The molecule has 0 bridgehead atoms. The predicted molar refractivity (Wildman–Crippen MR) is 109 cm³/mol. The molecule has 0 heterocycles. The van der Waals surface area contributed by atoms with Crippen molar-refractivity contribution in [1.82, 2.24) is 4.31 Å². The lowest BCUT2D eigenvalue weighted by Crippen LogP contribution is -2.28. The number of hydrogen-bond acceptors (Lipinski definition) is 5. The maximum Gasteiger partial charge on any atom is 0.331 e. The molecule has 0 radical (unpaired) electrons. The van der Waals surface area contributed by atoms with E-state index in [-0.39, 0.29) is 16.4 Å². The highest BCUT2D eigenvalue weighted by Gasteiger charge is 2.34. The van der Waals surface area contributed by atoms with Crippen LogP contribution in [0, 0.1) is 5.41 Å². The molecule has 0 saturated carbocycles. The van der Waals surface area contributed by atoms with Gasteiger partial charge in [0.25, 0.3) is 4.45 Å². The van der Waals surface area contributed by atoms with E-state index in [1.165, 1.54) is 49.9 Å². The van der Waals surface area contributed by atoms with Gasteiger partial charge < -0.3 is 10.2 Å². The van der Waals surface area contributed by atoms with E-state index in [2.05, 4.69) is 30.8 Å². The predicted octanol–water partition coefficient (Wildman–Crippen LogP) is 4.63. The molecule has 1 unspecified atom stereocenters. The van der Waals surface area contributed by atoms with Gasteiger partial charge in [-0.3, -0.25) is 9.59 Å². The van der Waals surface area contributed by atoms with Gasteiger partial charge in [0.05, 0.1) is 5.41 Å². The fourth-order valence-electron chi connectivity index (χ4n) is 2.17. The van der Waals surface area contributed by atoms with E-state index in [4.69, 9.17) is 10.2 Å². The van der Waals surface area contributed by atoms with Crippen LogP contribution in [-0.2, 0) is 9.59 Å². The molecule has 0 saturated heterocycles. The number of unbranched alkanes of at least 4 members (excludes halogenated alkanes) is 2. The normalized spacial score (nSPS) is 18.7. The van der Waals surface area contributed by atoms with Crippen molar-refractivity contribution in [3.8, 4) is 0 Å². The quantitative estimate of drug-likeness (QED) is 0.381. The number of rotatable bonds is 9. The second kappa shape index (κ2) is 13.0. The van der Waals surface area contributed by atoms with Crippen molar-refractivity contribution in [1.29, 1.82) is 0 Å². The number of aliphatic carboxylic acids is 2. The lowest BCUT2D eigenvalue weighted by molar-refractivity contribution is -0.145. The van der Waals surface area contributed by atoms with Crippen LogP contribution in [0.15, 0.2) is 23.8 Å². The van der Waals surface area contributed by atoms with Crippen LogP contribution in [0.5, 0.6) is 0 Å². The Morgan fingerprint density at radius 3 is 2.12 bits per heavy atom. The minimum Gasteiger partial charge on any atom is -0.481 e. The fourth-order valence-corrected chi connectivity index (χ4v) is 3.17. The van der Waals surface area contributed by atoms with Crippen LogP contribution in [-0.4, -0.2) is 44.0 Å². The van der Waals surface area contributed by atoms with Gasteiger partial charge in [-0.25, -0.2) is 9.10 Å². The van der Waals surface area contributed by atoms with Crippen LogP contribution in [0.2, 0.25) is 0 Å². The third kappa shape index (κ3) is 10.0. The van der Waals surface area contributed by atoms with E-state index >= 15 is 0 Å². The molecule has 0 aromatic heterocycles. The Morgan fingerprint density at radius 2 is 1.73 bits per heavy atom. The van der Waals surface area contributed by atoms with Crippen molar-refractivity contribution in [3.63, 3.8) is 0 Å². The molecule has 8 heteroatoms. The van der Waals surface area contributed by atoms with Gasteiger partial charge in [0, 0.05) is 30.6 Å². The number of allylic oxidation sites excluding steroid dienone is 2. The Kier molecular flexibility index (Phi) is 12.4. The number of carboxylic acids is 2. The molecule has 0 aromatic carbocycles. The summed E-state index contributed by atoms with van der Waals surface area (Å²) < 4.78 is 2.01. The SMILES string of the molecule is CC1(C(=O)O)C=CC=C(C(=O)O)C1.CCCCN(CCCC)SC(=O)S. The van der Waals surface area contributed by atoms with Crippen molar-refractivity contribution >= 4 is 41.0 Å². The van der Waals surface area contributed by atoms with Crippen molar-refractivity contribution < 1.29 is 24.6 Å². The highest BCUT2D eigenvalue weighted by molar-refractivity contribution is 8.30. The minimum absolute atomic E-state index is 0.0359. The molecular formula is C18H29NO5S2. The minimum atomic E-state index is -1.08. The number of carboxylic acid groups (broad SMARTS) is 2. The topological polar surface area (TPSA) is 94.9 Å². The molecule has 6 nitrogen and oxygen atoms in total. The van der Waals surface area contributed by atoms with Crippen molar-refractivity contribution in [2.45, 2.75) is 52.9 Å². The summed E-state index contributed by atoms with van der Waals surface area (Å²) in [7, 11) is 0. The molecule has 1 aliphatic rings. The average molecular weight is 404 g/mol. The van der Waals surface area contributed by atoms with Crippen LogP contribution in [0.1, 0.15) is 52.9 Å². The number of thiol groups is 1. The fraction of sp³-hybridized carbons (Fsp3) is 0.611. The number of nitrogens with zero attached hydrogens (tertiary/aromatic N) is 1. The zero-order chi connectivity index (χ0) is 20.2. The smallest absolute Gasteiger partial charge is 0.331 e. The summed E-state index contributed by atoms with van der Waals surface area (Å²) in [5.74, 6) is -2.06. The maximum atomic E-state index is 10.8. The lowest BCUT2D eigenvalue weighted by atomic mass is 9.80. The Morgan fingerprint density at radius 1 is 1.19 bits per heavy atom. The molecule has 1 aliphatic carbocycles. The number of carbonyl (C=O) groups excluding carboxylic acids is 1. The van der Waals surface area contributed by atoms with E-state index < -0.39 is 17.4 Å². The van der Waals surface area contributed by atoms with E-state index in [0.29, 0.717) is 0 Å². The van der Waals surface area contributed by atoms with E-state index in [1.807, 2.05) is 0 Å². The van der Waals surface area contributed by atoms with Crippen molar-refractivity contribution in [2.24, 2.45) is 5.41 Å². The van der Waals surface area contributed by atoms with Crippen molar-refractivity contribution in [3.05, 3.63) is 23.8 Å². The molecule has 1 rings (SSSR count). The third-order valence-electron chi connectivity index (χ3n) is 3.81. The molecule has 1 atom stereocenters. The van der Waals surface area contributed by atoms with Crippen LogP contribution in [0.25, 0.3) is 0 Å². The molecule has 0 aromatic rings. The Balaban J connectivity index is 0.000000481. The summed E-state index contributed by atoms with van der Waals surface area (Å²) in [4.78, 5) is 32.1. The summed E-state index contributed by atoms with van der Waals surface area (Å²) in [5.41, 5.74) is -0.949. The monoisotopic (exact) mass is 403 g/mol. The lowest BCUT2D eigenvalue weighted by Gasteiger charge is -2.23. The van der Waals surface area contributed by atoms with Crippen LogP contribution >= 0.6 is 24.6 Å². The van der Waals surface area contributed by atoms with Gasteiger partial charge in [-0.15, -0.1) is 0 Å². The Hall–Kier alpha value is -1.25. The van der Waals surface area contributed by atoms with Gasteiger partial charge in [0.1, 0.15) is 0 Å². The first-order chi connectivity index (χ1) is 12.2. The molecule has 0 fully saturated rings. The maximum absolute atomic E-state index is 10.8. The second-order valence-electron chi connectivity index (χ2n) is 6.25. The third-order valence-corrected chi connectivity index (χ3v) is 4.84. The summed E-state index contributed by atoms with van der Waals surface area (Å²) in [6.07, 6.45) is 9.08. The van der Waals surface area contributed by atoms with Gasteiger partial charge in [0.15, 0.2) is 0 Å². The molecular weight excluding hydrogens is 374 g/mol. The van der Waals surface area contributed by atoms with Gasteiger partial charge in [0.2, 0.25) is 0 Å². The second-order valence-corrected chi connectivity index (χ2v) is 8.03. The summed E-state index contributed by atoms with van der Waals surface area (Å²) in [6.45, 7) is 7.80. The summed E-state index contributed by atoms with van der Waals surface area (Å²) in [6, 6.07) is 0. The molecule has 0 aliphatic heterocycles. The molecule has 0 spiro atoms.